The van der Waals surface area contributed by atoms with Crippen molar-refractivity contribution in [2.24, 2.45) is 5.10 Å². The second-order valence-electron chi connectivity index (χ2n) is 9.19. The van der Waals surface area contributed by atoms with Gasteiger partial charge < -0.3 is 15.1 Å². The van der Waals surface area contributed by atoms with Gasteiger partial charge in [0, 0.05) is 24.9 Å². The molecule has 3 aromatic rings. The number of nitrogens with zero attached hydrogens (tertiary/aromatic N) is 2. The Bertz CT molecular complexity index is 1430. The van der Waals surface area contributed by atoms with Gasteiger partial charge in [0.15, 0.2) is 0 Å². The molecule has 3 heterocycles. The maximum absolute atomic E-state index is 13.0. The molecule has 1 saturated heterocycles. The van der Waals surface area contributed by atoms with Gasteiger partial charge in [0.25, 0.3) is 5.91 Å². The Hall–Kier alpha value is -4.20. The van der Waals surface area contributed by atoms with E-state index in [1.165, 1.54) is 0 Å². The molecule has 35 heavy (non-hydrogen) atoms. The van der Waals surface area contributed by atoms with Crippen LogP contribution in [0.2, 0.25) is 0 Å². The normalized spacial score (nSPS) is 21.6. The molecule has 3 aromatic carbocycles. The maximum Gasteiger partial charge on any atom is 0.255 e. The smallest absolute Gasteiger partial charge is 0.255 e. The first-order valence-electron chi connectivity index (χ1n) is 11.7. The van der Waals surface area contributed by atoms with Crippen molar-refractivity contribution >= 4 is 34.2 Å². The van der Waals surface area contributed by atoms with Crippen LogP contribution in [0.15, 0.2) is 59.7 Å². The average molecular weight is 469 g/mol. The molecule has 2 N–H and O–H groups in total. The maximum atomic E-state index is 13.0. The summed E-state index contributed by atoms with van der Waals surface area (Å²) in [4.78, 5) is 38.3. The van der Waals surface area contributed by atoms with Gasteiger partial charge in [0.2, 0.25) is 11.8 Å². The number of hydrazone groups is 1. The Morgan fingerprint density at radius 1 is 1.00 bits per heavy atom. The van der Waals surface area contributed by atoms with Crippen molar-refractivity contribution < 1.29 is 19.1 Å². The second kappa shape index (κ2) is 8.23. The first kappa shape index (κ1) is 21.3. The van der Waals surface area contributed by atoms with Crippen molar-refractivity contribution in [2.45, 2.75) is 37.9 Å². The minimum absolute atomic E-state index is 0.00150. The number of rotatable bonds is 4. The number of carbonyl (C=O) groups excluding carboxylic acids is 3. The fraction of sp³-hybridized carbons (Fsp3) is 0.259. The molecule has 0 bridgehead atoms. The fourth-order valence-corrected chi connectivity index (χ4v) is 5.16. The van der Waals surface area contributed by atoms with Crippen molar-refractivity contribution in [3.63, 3.8) is 0 Å². The summed E-state index contributed by atoms with van der Waals surface area (Å²) in [6.45, 7) is 0.364. The van der Waals surface area contributed by atoms with E-state index in [0.29, 0.717) is 18.5 Å². The summed E-state index contributed by atoms with van der Waals surface area (Å²) in [5.41, 5.74) is 7.85. The zero-order valence-corrected chi connectivity index (χ0v) is 19.2. The third kappa shape index (κ3) is 3.71. The number of imide groups is 1. The van der Waals surface area contributed by atoms with Crippen LogP contribution in [0.5, 0.6) is 5.75 Å². The Balaban J connectivity index is 1.18. The summed E-state index contributed by atoms with van der Waals surface area (Å²) in [5.74, 6) is -0.0134. The predicted octanol–water partition coefficient (Wildman–Crippen LogP) is 3.05. The van der Waals surface area contributed by atoms with Crippen LogP contribution in [0.3, 0.4) is 0 Å². The van der Waals surface area contributed by atoms with Gasteiger partial charge in [-0.3, -0.25) is 19.7 Å². The third-order valence-electron chi connectivity index (χ3n) is 7.08. The SMILES string of the molecule is COc1ccc2cc(C3=NNC(c4ccc5c(c4)CN(C4CCC(=O)NC4=O)C5=O)C3)ccc2c1. The highest BCUT2D eigenvalue weighted by Crippen LogP contribution is 2.32. The quantitative estimate of drug-likeness (QED) is 0.574. The lowest BCUT2D eigenvalue weighted by molar-refractivity contribution is -0.136. The summed E-state index contributed by atoms with van der Waals surface area (Å²) >= 11 is 0. The van der Waals surface area contributed by atoms with Crippen LogP contribution in [0.1, 0.15) is 52.4 Å². The summed E-state index contributed by atoms with van der Waals surface area (Å²) in [6, 6.07) is 17.5. The number of piperidine rings is 1. The van der Waals surface area contributed by atoms with E-state index in [-0.39, 0.29) is 24.3 Å². The first-order chi connectivity index (χ1) is 17.0. The highest BCUT2D eigenvalue weighted by molar-refractivity contribution is 6.06. The lowest BCUT2D eigenvalue weighted by atomic mass is 9.95. The number of ether oxygens (including phenoxy) is 1. The average Bonchev–Trinajstić information content (AvgIpc) is 3.48. The highest BCUT2D eigenvalue weighted by atomic mass is 16.5. The molecular formula is C27H24N4O4. The van der Waals surface area contributed by atoms with Crippen LogP contribution < -0.4 is 15.5 Å². The lowest BCUT2D eigenvalue weighted by Gasteiger charge is -2.29. The summed E-state index contributed by atoms with van der Waals surface area (Å²) < 4.78 is 5.31. The van der Waals surface area contributed by atoms with E-state index < -0.39 is 11.9 Å². The van der Waals surface area contributed by atoms with Gasteiger partial charge in [-0.05, 0) is 58.1 Å². The molecule has 3 aliphatic heterocycles. The van der Waals surface area contributed by atoms with Gasteiger partial charge in [-0.1, -0.05) is 30.3 Å². The lowest BCUT2D eigenvalue weighted by Crippen LogP contribution is -2.52. The van der Waals surface area contributed by atoms with E-state index in [4.69, 9.17) is 4.74 Å². The Kier molecular flexibility index (Phi) is 5.02. The van der Waals surface area contributed by atoms with Crippen LogP contribution in [-0.2, 0) is 16.1 Å². The number of benzene rings is 3. The van der Waals surface area contributed by atoms with Gasteiger partial charge >= 0.3 is 0 Å². The molecule has 6 rings (SSSR count). The number of amides is 3. The minimum atomic E-state index is -0.608. The van der Waals surface area contributed by atoms with E-state index in [1.54, 1.807) is 12.0 Å². The van der Waals surface area contributed by atoms with E-state index >= 15 is 0 Å². The zero-order valence-electron chi connectivity index (χ0n) is 19.2. The van der Waals surface area contributed by atoms with Crippen LogP contribution in [0, 0.1) is 0 Å². The van der Waals surface area contributed by atoms with E-state index in [1.807, 2.05) is 36.4 Å². The van der Waals surface area contributed by atoms with Crippen LogP contribution in [-0.4, -0.2) is 41.5 Å². The molecule has 2 atom stereocenters. The molecular weight excluding hydrogens is 444 g/mol. The summed E-state index contributed by atoms with van der Waals surface area (Å²) in [5, 5.41) is 9.18. The van der Waals surface area contributed by atoms with Gasteiger partial charge in [-0.25, -0.2) is 0 Å². The van der Waals surface area contributed by atoms with E-state index in [0.717, 1.165) is 45.3 Å². The number of nitrogens with one attached hydrogen (secondary N) is 2. The highest BCUT2D eigenvalue weighted by Gasteiger charge is 2.39. The first-order valence-corrected chi connectivity index (χ1v) is 11.7. The molecule has 1 fully saturated rings. The predicted molar refractivity (Wildman–Crippen MR) is 130 cm³/mol. The van der Waals surface area contributed by atoms with Crippen LogP contribution in [0.4, 0.5) is 0 Å². The largest absolute Gasteiger partial charge is 0.497 e. The standard InChI is InChI=1S/C27H24N4O4/c1-35-20-6-4-15-10-17(3-2-16(15)12-20)22-13-23(30-29-22)18-5-7-21-19(11-18)14-31(27(21)34)24-8-9-25(32)28-26(24)33/h2-7,10-12,23-24,30H,8-9,13-14H2,1H3,(H,28,32,33). The fourth-order valence-electron chi connectivity index (χ4n) is 5.16. The summed E-state index contributed by atoms with van der Waals surface area (Å²) in [6.07, 6.45) is 1.33. The molecule has 8 heteroatoms. The van der Waals surface area contributed by atoms with Crippen molar-refractivity contribution in [3.8, 4) is 5.75 Å². The monoisotopic (exact) mass is 468 g/mol. The van der Waals surface area contributed by atoms with Crippen molar-refractivity contribution in [2.75, 3.05) is 7.11 Å². The topological polar surface area (TPSA) is 100 Å². The minimum Gasteiger partial charge on any atom is -0.497 e. The van der Waals surface area contributed by atoms with Gasteiger partial charge in [0.05, 0.1) is 18.9 Å². The van der Waals surface area contributed by atoms with Gasteiger partial charge in [0.1, 0.15) is 11.8 Å². The molecule has 176 valence electrons. The molecule has 3 aliphatic rings. The molecule has 0 aromatic heterocycles. The van der Waals surface area contributed by atoms with Crippen molar-refractivity contribution in [1.82, 2.24) is 15.6 Å². The van der Waals surface area contributed by atoms with Gasteiger partial charge in [-0.2, -0.15) is 5.10 Å². The van der Waals surface area contributed by atoms with Crippen molar-refractivity contribution in [3.05, 3.63) is 76.9 Å². The molecule has 0 radical (unpaired) electrons. The summed E-state index contributed by atoms with van der Waals surface area (Å²) in [7, 11) is 1.66. The van der Waals surface area contributed by atoms with E-state index in [2.05, 4.69) is 34.0 Å². The van der Waals surface area contributed by atoms with Crippen molar-refractivity contribution in [1.29, 1.82) is 0 Å². The Morgan fingerprint density at radius 2 is 1.83 bits per heavy atom. The third-order valence-corrected chi connectivity index (χ3v) is 7.08. The molecule has 0 spiro atoms. The molecule has 2 unspecified atom stereocenters. The van der Waals surface area contributed by atoms with Crippen LogP contribution in [0.25, 0.3) is 10.8 Å². The Morgan fingerprint density at radius 3 is 2.66 bits per heavy atom. The number of fused-ring (bicyclic) bond motifs is 2. The van der Waals surface area contributed by atoms with Crippen LogP contribution >= 0.6 is 0 Å². The Labute approximate surface area is 201 Å². The van der Waals surface area contributed by atoms with Gasteiger partial charge in [-0.15, -0.1) is 0 Å². The van der Waals surface area contributed by atoms with E-state index in [9.17, 15) is 14.4 Å². The number of hydrogen-bond acceptors (Lipinski definition) is 6. The second-order valence-corrected chi connectivity index (χ2v) is 9.19. The molecule has 8 nitrogen and oxygen atoms in total. The number of methoxy groups -OCH3 is 1. The molecule has 3 amide bonds. The number of hydrogen-bond donors (Lipinski definition) is 2. The molecule has 0 aliphatic carbocycles. The number of carbonyl (C=O) groups is 3. The molecule has 0 saturated carbocycles. The zero-order chi connectivity index (χ0) is 24.1.